The van der Waals surface area contributed by atoms with Crippen LogP contribution in [0.3, 0.4) is 0 Å². The maximum absolute atomic E-state index is 11.5. The lowest BCUT2D eigenvalue weighted by Gasteiger charge is -2.16. The number of amides is 1. The van der Waals surface area contributed by atoms with Crippen LogP contribution >= 0.6 is 11.6 Å². The van der Waals surface area contributed by atoms with E-state index < -0.39 is 12.0 Å². The van der Waals surface area contributed by atoms with Gasteiger partial charge >= 0.3 is 5.97 Å². The molecule has 4 nitrogen and oxygen atoms in total. The minimum atomic E-state index is -1.05. The number of benzene rings is 1. The van der Waals surface area contributed by atoms with Crippen LogP contribution in [0.25, 0.3) is 0 Å². The van der Waals surface area contributed by atoms with Gasteiger partial charge in [0.15, 0.2) is 0 Å². The maximum atomic E-state index is 11.5. The van der Waals surface area contributed by atoms with Crippen molar-refractivity contribution in [2.75, 3.05) is 0 Å². The summed E-state index contributed by atoms with van der Waals surface area (Å²) in [6.45, 7) is 3.43. The van der Waals surface area contributed by atoms with Crippen molar-refractivity contribution in [2.24, 2.45) is 5.92 Å². The third kappa shape index (κ3) is 4.37. The van der Waals surface area contributed by atoms with Gasteiger partial charge in [-0.25, -0.2) is 4.79 Å². The van der Waals surface area contributed by atoms with Crippen LogP contribution in [0.2, 0.25) is 5.02 Å². The van der Waals surface area contributed by atoms with Gasteiger partial charge in [0, 0.05) is 17.4 Å². The second-order valence-electron chi connectivity index (χ2n) is 4.39. The van der Waals surface area contributed by atoms with Crippen LogP contribution in [-0.4, -0.2) is 23.0 Å². The lowest BCUT2D eigenvalue weighted by atomic mass is 10.1. The van der Waals surface area contributed by atoms with Crippen molar-refractivity contribution in [1.82, 2.24) is 5.32 Å². The van der Waals surface area contributed by atoms with Crippen LogP contribution < -0.4 is 5.32 Å². The molecule has 2 N–H and O–H groups in total. The van der Waals surface area contributed by atoms with E-state index in [2.05, 4.69) is 5.32 Å². The molecule has 0 spiro atoms. The van der Waals surface area contributed by atoms with Gasteiger partial charge in [-0.3, -0.25) is 4.79 Å². The standard InChI is InChI=1S/C13H16ClNO3/c1-8(2)12(16)15-11(13(17)18)7-9-4-3-5-10(14)6-9/h3-6,8,11H,7H2,1-2H3,(H,15,16)(H,17,18)/t11-/m1/s1. The highest BCUT2D eigenvalue weighted by atomic mass is 35.5. The van der Waals surface area contributed by atoms with Gasteiger partial charge in [-0.1, -0.05) is 37.6 Å². The monoisotopic (exact) mass is 269 g/mol. The fourth-order valence-electron chi connectivity index (χ4n) is 1.44. The van der Waals surface area contributed by atoms with Crippen LogP contribution in [0.5, 0.6) is 0 Å². The van der Waals surface area contributed by atoms with Crippen molar-refractivity contribution in [2.45, 2.75) is 26.3 Å². The molecule has 1 aromatic rings. The summed E-state index contributed by atoms with van der Waals surface area (Å²) in [6, 6.07) is 6.01. The molecule has 0 aliphatic carbocycles. The summed E-state index contributed by atoms with van der Waals surface area (Å²) < 4.78 is 0. The lowest BCUT2D eigenvalue weighted by molar-refractivity contribution is -0.142. The van der Waals surface area contributed by atoms with Gasteiger partial charge in [-0.2, -0.15) is 0 Å². The molecule has 0 saturated heterocycles. The van der Waals surface area contributed by atoms with Gasteiger partial charge in [-0.15, -0.1) is 0 Å². The van der Waals surface area contributed by atoms with Crippen LogP contribution in [0.4, 0.5) is 0 Å². The Morgan fingerprint density at radius 2 is 2.06 bits per heavy atom. The minimum absolute atomic E-state index is 0.217. The predicted molar refractivity (Wildman–Crippen MR) is 69.6 cm³/mol. The van der Waals surface area contributed by atoms with Crippen LogP contribution in [-0.2, 0) is 16.0 Å². The van der Waals surface area contributed by atoms with Crippen molar-refractivity contribution in [3.8, 4) is 0 Å². The molecule has 0 aliphatic heterocycles. The first-order valence-electron chi connectivity index (χ1n) is 5.67. The molecule has 0 unspecified atom stereocenters. The maximum Gasteiger partial charge on any atom is 0.326 e. The molecule has 5 heteroatoms. The Morgan fingerprint density at radius 3 is 2.56 bits per heavy atom. The highest BCUT2D eigenvalue weighted by molar-refractivity contribution is 6.30. The summed E-state index contributed by atoms with van der Waals surface area (Å²) >= 11 is 5.83. The number of carboxylic acids is 1. The molecule has 0 fully saturated rings. The fourth-order valence-corrected chi connectivity index (χ4v) is 1.65. The lowest BCUT2D eigenvalue weighted by Crippen LogP contribution is -2.44. The number of rotatable bonds is 5. The van der Waals surface area contributed by atoms with E-state index >= 15 is 0 Å². The summed E-state index contributed by atoms with van der Waals surface area (Å²) in [6.07, 6.45) is 0.217. The van der Waals surface area contributed by atoms with Crippen LogP contribution in [0.1, 0.15) is 19.4 Å². The molecule has 18 heavy (non-hydrogen) atoms. The summed E-state index contributed by atoms with van der Waals surface area (Å²) in [5, 5.41) is 12.1. The predicted octanol–water partition coefficient (Wildman–Crippen LogP) is 2.11. The van der Waals surface area contributed by atoms with Crippen molar-refractivity contribution in [1.29, 1.82) is 0 Å². The van der Waals surface area contributed by atoms with Crippen LogP contribution in [0.15, 0.2) is 24.3 Å². The molecule has 0 aliphatic rings. The van der Waals surface area contributed by atoms with Gasteiger partial charge in [0.1, 0.15) is 6.04 Å². The van der Waals surface area contributed by atoms with E-state index in [9.17, 15) is 9.59 Å². The molecule has 1 rings (SSSR count). The summed E-state index contributed by atoms with van der Waals surface area (Å²) in [4.78, 5) is 22.6. The van der Waals surface area contributed by atoms with E-state index in [1.807, 2.05) is 0 Å². The Morgan fingerprint density at radius 1 is 1.39 bits per heavy atom. The number of carbonyl (C=O) groups is 2. The average molecular weight is 270 g/mol. The first-order chi connectivity index (χ1) is 8.40. The Bertz CT molecular complexity index is 446. The summed E-state index contributed by atoms with van der Waals surface area (Å²) in [5.41, 5.74) is 0.777. The second kappa shape index (κ2) is 6.40. The number of halogens is 1. The van der Waals surface area contributed by atoms with E-state index in [-0.39, 0.29) is 18.2 Å². The quantitative estimate of drug-likeness (QED) is 0.860. The Labute approximate surface area is 111 Å². The van der Waals surface area contributed by atoms with Gasteiger partial charge in [0.2, 0.25) is 5.91 Å². The van der Waals surface area contributed by atoms with E-state index in [1.165, 1.54) is 0 Å². The zero-order chi connectivity index (χ0) is 13.7. The topological polar surface area (TPSA) is 66.4 Å². The number of carbonyl (C=O) groups excluding carboxylic acids is 1. The third-order valence-electron chi connectivity index (χ3n) is 2.47. The molecule has 1 aromatic carbocycles. The molecule has 98 valence electrons. The number of hydrogen-bond donors (Lipinski definition) is 2. The molecule has 0 saturated carbocycles. The van der Waals surface area contributed by atoms with Gasteiger partial charge in [-0.05, 0) is 17.7 Å². The molecule has 0 aromatic heterocycles. The Kier molecular flexibility index (Phi) is 5.16. The summed E-state index contributed by atoms with van der Waals surface area (Å²) in [5.74, 6) is -1.57. The van der Waals surface area contributed by atoms with E-state index in [4.69, 9.17) is 16.7 Å². The van der Waals surface area contributed by atoms with E-state index in [0.29, 0.717) is 5.02 Å². The van der Waals surface area contributed by atoms with E-state index in [0.717, 1.165) is 5.56 Å². The van der Waals surface area contributed by atoms with Crippen molar-refractivity contribution >= 4 is 23.5 Å². The van der Waals surface area contributed by atoms with E-state index in [1.54, 1.807) is 38.1 Å². The largest absolute Gasteiger partial charge is 0.480 e. The second-order valence-corrected chi connectivity index (χ2v) is 4.82. The van der Waals surface area contributed by atoms with Gasteiger partial charge in [0.05, 0.1) is 0 Å². The van der Waals surface area contributed by atoms with Crippen molar-refractivity contribution in [3.63, 3.8) is 0 Å². The molecule has 0 radical (unpaired) electrons. The van der Waals surface area contributed by atoms with Gasteiger partial charge in [0.25, 0.3) is 0 Å². The molecule has 0 heterocycles. The SMILES string of the molecule is CC(C)C(=O)N[C@H](Cc1cccc(Cl)c1)C(=O)O. The normalized spacial score (nSPS) is 12.2. The Balaban J connectivity index is 2.75. The third-order valence-corrected chi connectivity index (χ3v) is 2.70. The number of aliphatic carboxylic acids is 1. The number of hydrogen-bond acceptors (Lipinski definition) is 2. The zero-order valence-electron chi connectivity index (χ0n) is 10.3. The highest BCUT2D eigenvalue weighted by Crippen LogP contribution is 2.12. The molecule has 0 bridgehead atoms. The minimum Gasteiger partial charge on any atom is -0.480 e. The zero-order valence-corrected chi connectivity index (χ0v) is 11.1. The number of nitrogens with one attached hydrogen (secondary N) is 1. The smallest absolute Gasteiger partial charge is 0.326 e. The Hall–Kier alpha value is -1.55. The first kappa shape index (κ1) is 14.5. The first-order valence-corrected chi connectivity index (χ1v) is 6.05. The molecule has 1 amide bonds. The molecular formula is C13H16ClNO3. The fraction of sp³-hybridized carbons (Fsp3) is 0.385. The molecule has 1 atom stereocenters. The van der Waals surface area contributed by atoms with Gasteiger partial charge < -0.3 is 10.4 Å². The average Bonchev–Trinajstić information content (AvgIpc) is 2.27. The summed E-state index contributed by atoms with van der Waals surface area (Å²) in [7, 11) is 0. The van der Waals surface area contributed by atoms with Crippen LogP contribution in [0, 0.1) is 5.92 Å². The molecular weight excluding hydrogens is 254 g/mol. The highest BCUT2D eigenvalue weighted by Gasteiger charge is 2.21. The van der Waals surface area contributed by atoms with Crippen molar-refractivity contribution < 1.29 is 14.7 Å². The number of carboxylic acid groups (broad SMARTS) is 1. The van der Waals surface area contributed by atoms with Crippen molar-refractivity contribution in [3.05, 3.63) is 34.9 Å².